The summed E-state index contributed by atoms with van der Waals surface area (Å²) in [7, 11) is 0. The van der Waals surface area contributed by atoms with Crippen LogP contribution < -0.4 is 5.73 Å². The minimum atomic E-state index is -2.74. The van der Waals surface area contributed by atoms with Gasteiger partial charge in [-0.2, -0.15) is 0 Å². The van der Waals surface area contributed by atoms with Gasteiger partial charge in [-0.3, -0.25) is 4.90 Å². The highest BCUT2D eigenvalue weighted by atomic mass is 19.3. The van der Waals surface area contributed by atoms with Gasteiger partial charge in [0.25, 0.3) is 5.92 Å². The molecule has 1 heterocycles. The molecule has 0 bridgehead atoms. The fraction of sp³-hybridized carbons (Fsp3) is 0.800. The Hall–Kier alpha value is -0.480. The van der Waals surface area contributed by atoms with Crippen molar-refractivity contribution >= 4 is 0 Å². The molecule has 2 N–H and O–H groups in total. The van der Waals surface area contributed by atoms with Crippen LogP contribution in [0.5, 0.6) is 0 Å². The molecule has 82 valence electrons. The Morgan fingerprint density at radius 1 is 1.36 bits per heavy atom. The standard InChI is InChI=1S/C10H18F2N2/c1-8-3-4-14(5-9(8)2)7-10(11,12)6-13/h3-7,13H2,1-2H3. The molecule has 0 radical (unpaired) electrons. The number of nitrogens with two attached hydrogens (primary N) is 1. The van der Waals surface area contributed by atoms with Crippen LogP contribution in [0.15, 0.2) is 11.1 Å². The topological polar surface area (TPSA) is 29.3 Å². The molecule has 0 aliphatic carbocycles. The van der Waals surface area contributed by atoms with Crippen LogP contribution in [0.4, 0.5) is 8.78 Å². The summed E-state index contributed by atoms with van der Waals surface area (Å²) in [6.45, 7) is 4.66. The summed E-state index contributed by atoms with van der Waals surface area (Å²) in [6.07, 6.45) is 0.895. The number of hydrogen-bond donors (Lipinski definition) is 1. The highest BCUT2D eigenvalue weighted by Crippen LogP contribution is 2.20. The normalized spacial score (nSPS) is 20.4. The summed E-state index contributed by atoms with van der Waals surface area (Å²) in [6, 6.07) is 0. The third-order valence-corrected chi connectivity index (χ3v) is 2.75. The van der Waals surface area contributed by atoms with E-state index >= 15 is 0 Å². The lowest BCUT2D eigenvalue weighted by Crippen LogP contribution is -2.44. The first-order chi connectivity index (χ1) is 6.44. The fourth-order valence-corrected chi connectivity index (χ4v) is 1.62. The highest BCUT2D eigenvalue weighted by Gasteiger charge is 2.30. The van der Waals surface area contributed by atoms with E-state index in [0.29, 0.717) is 6.54 Å². The van der Waals surface area contributed by atoms with Crippen LogP contribution in [0.25, 0.3) is 0 Å². The second-order valence-corrected chi connectivity index (χ2v) is 4.08. The zero-order valence-corrected chi connectivity index (χ0v) is 8.82. The third kappa shape index (κ3) is 3.03. The average molecular weight is 204 g/mol. The van der Waals surface area contributed by atoms with Gasteiger partial charge in [-0.15, -0.1) is 0 Å². The van der Waals surface area contributed by atoms with Crippen molar-refractivity contribution in [2.75, 3.05) is 26.2 Å². The molecule has 0 saturated heterocycles. The van der Waals surface area contributed by atoms with Crippen molar-refractivity contribution in [1.82, 2.24) is 4.90 Å². The summed E-state index contributed by atoms with van der Waals surface area (Å²) in [5.74, 6) is -2.74. The van der Waals surface area contributed by atoms with E-state index in [1.807, 2.05) is 6.92 Å². The number of halogens is 2. The van der Waals surface area contributed by atoms with Gasteiger partial charge >= 0.3 is 0 Å². The molecule has 0 spiro atoms. The van der Waals surface area contributed by atoms with Crippen molar-refractivity contribution in [3.05, 3.63) is 11.1 Å². The Bertz CT molecular complexity index is 236. The second-order valence-electron chi connectivity index (χ2n) is 4.08. The Kier molecular flexibility index (Phi) is 3.61. The molecule has 4 heteroatoms. The Morgan fingerprint density at radius 2 is 2.00 bits per heavy atom. The molecule has 1 aliphatic rings. The first-order valence-corrected chi connectivity index (χ1v) is 4.90. The van der Waals surface area contributed by atoms with Gasteiger partial charge in [-0.25, -0.2) is 8.78 Å². The lowest BCUT2D eigenvalue weighted by Gasteiger charge is -2.31. The molecular weight excluding hydrogens is 186 g/mol. The molecule has 14 heavy (non-hydrogen) atoms. The summed E-state index contributed by atoms with van der Waals surface area (Å²) >= 11 is 0. The number of rotatable bonds is 3. The summed E-state index contributed by atoms with van der Waals surface area (Å²) < 4.78 is 26.0. The SMILES string of the molecule is CC1=C(C)CN(CC(F)(F)CN)CC1. The number of nitrogens with zero attached hydrogens (tertiary/aromatic N) is 1. The Balaban J connectivity index is 2.50. The summed E-state index contributed by atoms with van der Waals surface area (Å²) in [4.78, 5) is 1.77. The van der Waals surface area contributed by atoms with Crippen molar-refractivity contribution in [1.29, 1.82) is 0 Å². The third-order valence-electron chi connectivity index (χ3n) is 2.75. The van der Waals surface area contributed by atoms with E-state index in [-0.39, 0.29) is 6.54 Å². The van der Waals surface area contributed by atoms with E-state index in [0.717, 1.165) is 13.0 Å². The minimum absolute atomic E-state index is 0.214. The van der Waals surface area contributed by atoms with Gasteiger partial charge in [0.05, 0.1) is 13.1 Å². The fourth-order valence-electron chi connectivity index (χ4n) is 1.62. The van der Waals surface area contributed by atoms with Gasteiger partial charge in [-0.1, -0.05) is 11.1 Å². The van der Waals surface area contributed by atoms with Crippen LogP contribution in [0, 0.1) is 0 Å². The highest BCUT2D eigenvalue weighted by molar-refractivity contribution is 5.14. The molecule has 1 aliphatic heterocycles. The average Bonchev–Trinajstić information content (AvgIpc) is 2.11. The molecule has 0 aromatic carbocycles. The Morgan fingerprint density at radius 3 is 2.50 bits per heavy atom. The van der Waals surface area contributed by atoms with E-state index in [9.17, 15) is 8.78 Å². The van der Waals surface area contributed by atoms with Gasteiger partial charge < -0.3 is 5.73 Å². The molecular formula is C10H18F2N2. The monoisotopic (exact) mass is 204 g/mol. The quantitative estimate of drug-likeness (QED) is 0.708. The minimum Gasteiger partial charge on any atom is -0.325 e. The smallest absolute Gasteiger partial charge is 0.272 e. The van der Waals surface area contributed by atoms with E-state index in [2.05, 4.69) is 6.92 Å². The van der Waals surface area contributed by atoms with Crippen LogP contribution >= 0.6 is 0 Å². The first-order valence-electron chi connectivity index (χ1n) is 4.90. The maximum absolute atomic E-state index is 13.0. The van der Waals surface area contributed by atoms with Crippen LogP contribution in [0.3, 0.4) is 0 Å². The number of alkyl halides is 2. The molecule has 0 unspecified atom stereocenters. The van der Waals surface area contributed by atoms with Crippen molar-refractivity contribution in [2.45, 2.75) is 26.2 Å². The molecule has 0 aromatic rings. The van der Waals surface area contributed by atoms with E-state index in [1.165, 1.54) is 11.1 Å². The van der Waals surface area contributed by atoms with Gasteiger partial charge in [0.2, 0.25) is 0 Å². The lowest BCUT2D eigenvalue weighted by atomic mass is 10.0. The zero-order chi connectivity index (χ0) is 10.8. The summed E-state index contributed by atoms with van der Waals surface area (Å²) in [5, 5.41) is 0. The van der Waals surface area contributed by atoms with Crippen molar-refractivity contribution in [3.8, 4) is 0 Å². The van der Waals surface area contributed by atoms with Crippen molar-refractivity contribution in [2.24, 2.45) is 5.73 Å². The summed E-state index contributed by atoms with van der Waals surface area (Å²) in [5.41, 5.74) is 7.54. The van der Waals surface area contributed by atoms with Crippen molar-refractivity contribution < 1.29 is 8.78 Å². The van der Waals surface area contributed by atoms with Crippen LogP contribution in [-0.4, -0.2) is 37.0 Å². The van der Waals surface area contributed by atoms with Gasteiger partial charge in [0.15, 0.2) is 0 Å². The van der Waals surface area contributed by atoms with Crippen LogP contribution in [-0.2, 0) is 0 Å². The van der Waals surface area contributed by atoms with E-state index in [1.54, 1.807) is 4.90 Å². The molecule has 0 fully saturated rings. The van der Waals surface area contributed by atoms with E-state index in [4.69, 9.17) is 5.73 Å². The molecule has 0 saturated carbocycles. The van der Waals surface area contributed by atoms with Gasteiger partial charge in [-0.05, 0) is 20.3 Å². The predicted molar refractivity (Wildman–Crippen MR) is 53.4 cm³/mol. The lowest BCUT2D eigenvalue weighted by molar-refractivity contribution is -0.0222. The molecule has 0 atom stereocenters. The Labute approximate surface area is 83.8 Å². The molecule has 1 rings (SSSR count). The maximum Gasteiger partial charge on any atom is 0.272 e. The zero-order valence-electron chi connectivity index (χ0n) is 8.82. The van der Waals surface area contributed by atoms with E-state index < -0.39 is 12.5 Å². The largest absolute Gasteiger partial charge is 0.325 e. The van der Waals surface area contributed by atoms with Gasteiger partial charge in [0, 0.05) is 13.1 Å². The predicted octanol–water partition coefficient (Wildman–Crippen LogP) is 1.62. The first kappa shape index (κ1) is 11.6. The molecule has 0 amide bonds. The molecule has 2 nitrogen and oxygen atoms in total. The van der Waals surface area contributed by atoms with Gasteiger partial charge in [0.1, 0.15) is 0 Å². The second kappa shape index (κ2) is 4.36. The molecule has 0 aromatic heterocycles. The maximum atomic E-state index is 13.0. The van der Waals surface area contributed by atoms with Crippen LogP contribution in [0.1, 0.15) is 20.3 Å². The van der Waals surface area contributed by atoms with Crippen LogP contribution in [0.2, 0.25) is 0 Å². The van der Waals surface area contributed by atoms with Crippen molar-refractivity contribution in [3.63, 3.8) is 0 Å². The number of hydrogen-bond acceptors (Lipinski definition) is 2.